The highest BCUT2D eigenvalue weighted by atomic mass is 79.9. The van der Waals surface area contributed by atoms with E-state index in [2.05, 4.69) is 15.9 Å². The molecule has 0 atom stereocenters. The third-order valence-electron chi connectivity index (χ3n) is 1.60. The van der Waals surface area contributed by atoms with Crippen LogP contribution in [0, 0.1) is 5.92 Å². The molecule has 1 amide bonds. The van der Waals surface area contributed by atoms with Crippen molar-refractivity contribution in [1.82, 2.24) is 4.90 Å². The Balaban J connectivity index is 4.43. The van der Waals surface area contributed by atoms with Crippen LogP contribution in [0.1, 0.15) is 13.8 Å². The van der Waals surface area contributed by atoms with E-state index in [1.54, 1.807) is 13.8 Å². The lowest BCUT2D eigenvalue weighted by Gasteiger charge is -2.23. The van der Waals surface area contributed by atoms with Crippen LogP contribution in [0.2, 0.25) is 0 Å². The Labute approximate surface area is 95.9 Å². The van der Waals surface area contributed by atoms with Crippen molar-refractivity contribution in [2.24, 2.45) is 5.92 Å². The molecule has 0 saturated carbocycles. The molecule has 0 unspecified atom stereocenters. The summed E-state index contributed by atoms with van der Waals surface area (Å²) in [4.78, 5) is 23.0. The number of carbonyl (C=O) groups excluding carboxylic acids is 2. The molecule has 88 valence electrons. The summed E-state index contributed by atoms with van der Waals surface area (Å²) in [6.45, 7) is 3.50. The van der Waals surface area contributed by atoms with Crippen molar-refractivity contribution in [3.63, 3.8) is 0 Å². The maximum Gasteiger partial charge on any atom is 0.315 e. The van der Waals surface area contributed by atoms with Gasteiger partial charge in [0.25, 0.3) is 5.91 Å². The van der Waals surface area contributed by atoms with Gasteiger partial charge in [-0.3, -0.25) is 9.59 Å². The number of nitrogens with zero attached hydrogens (tertiary/aromatic N) is 1. The first-order chi connectivity index (χ1) is 6.88. The molecule has 0 bridgehead atoms. The molecule has 6 heteroatoms. The zero-order valence-corrected chi connectivity index (χ0v) is 10.3. The highest BCUT2D eigenvalue weighted by Gasteiger charge is 2.25. The number of amides is 1. The fraction of sp³-hybridized carbons (Fsp3) is 0.778. The number of hydrogen-bond donors (Lipinski definition) is 0. The summed E-state index contributed by atoms with van der Waals surface area (Å²) >= 11 is 2.92. The number of carbonyl (C=O) groups is 2. The van der Waals surface area contributed by atoms with Crippen LogP contribution < -0.4 is 0 Å². The van der Waals surface area contributed by atoms with Crippen molar-refractivity contribution >= 4 is 27.6 Å². The van der Waals surface area contributed by atoms with Crippen LogP contribution in [-0.2, 0) is 9.59 Å². The standard InChI is InChI=1S/C9H14BrF2NO2/c1-6(2)4-13(5-7(14)3-10)9(15)8(11)12/h6,8H,3-5H2,1-2H3. The van der Waals surface area contributed by atoms with Crippen molar-refractivity contribution in [3.8, 4) is 0 Å². The number of halogens is 3. The summed E-state index contributed by atoms with van der Waals surface area (Å²) in [5.41, 5.74) is 0. The fourth-order valence-corrected chi connectivity index (χ4v) is 1.24. The molecule has 0 radical (unpaired) electrons. The van der Waals surface area contributed by atoms with Crippen molar-refractivity contribution in [2.75, 3.05) is 18.4 Å². The van der Waals surface area contributed by atoms with Crippen LogP contribution in [0.4, 0.5) is 8.78 Å². The minimum absolute atomic E-state index is 0.0517. The molecule has 0 fully saturated rings. The van der Waals surface area contributed by atoms with Crippen LogP contribution in [0.25, 0.3) is 0 Å². The summed E-state index contributed by atoms with van der Waals surface area (Å²) in [6.07, 6.45) is -3.05. The van der Waals surface area contributed by atoms with Crippen LogP contribution in [0.15, 0.2) is 0 Å². The van der Waals surface area contributed by atoms with Crippen LogP contribution in [-0.4, -0.2) is 41.4 Å². The largest absolute Gasteiger partial charge is 0.330 e. The van der Waals surface area contributed by atoms with Gasteiger partial charge in [-0.05, 0) is 5.92 Å². The number of ketones is 1. The van der Waals surface area contributed by atoms with E-state index in [1.807, 2.05) is 0 Å². The van der Waals surface area contributed by atoms with E-state index in [-0.39, 0.29) is 30.1 Å². The molecule has 0 aromatic heterocycles. The Morgan fingerprint density at radius 2 is 1.87 bits per heavy atom. The first-order valence-corrected chi connectivity index (χ1v) is 5.65. The van der Waals surface area contributed by atoms with Gasteiger partial charge in [-0.1, -0.05) is 29.8 Å². The highest BCUT2D eigenvalue weighted by Crippen LogP contribution is 2.05. The van der Waals surface area contributed by atoms with E-state index >= 15 is 0 Å². The Kier molecular flexibility index (Phi) is 6.63. The second kappa shape index (κ2) is 6.87. The molecule has 0 aromatic rings. The SMILES string of the molecule is CC(C)CN(CC(=O)CBr)C(=O)C(F)F. The normalized spacial score (nSPS) is 10.9. The summed E-state index contributed by atoms with van der Waals surface area (Å²) in [5.74, 6) is -1.52. The van der Waals surface area contributed by atoms with E-state index in [0.717, 1.165) is 4.90 Å². The maximum atomic E-state index is 12.2. The smallest absolute Gasteiger partial charge is 0.315 e. The highest BCUT2D eigenvalue weighted by molar-refractivity contribution is 9.09. The van der Waals surface area contributed by atoms with Gasteiger partial charge in [0.15, 0.2) is 5.78 Å². The molecule has 0 spiro atoms. The third-order valence-corrected chi connectivity index (χ3v) is 2.23. The molecular weight excluding hydrogens is 272 g/mol. The van der Waals surface area contributed by atoms with E-state index in [0.29, 0.717) is 0 Å². The molecule has 0 aromatic carbocycles. The van der Waals surface area contributed by atoms with Gasteiger partial charge >= 0.3 is 6.43 Å². The molecule has 0 aliphatic rings. The summed E-state index contributed by atoms with van der Waals surface area (Å²) in [5, 5.41) is 0.0676. The summed E-state index contributed by atoms with van der Waals surface area (Å²) in [6, 6.07) is 0. The Morgan fingerprint density at radius 1 is 1.33 bits per heavy atom. The predicted molar refractivity (Wildman–Crippen MR) is 56.2 cm³/mol. The number of alkyl halides is 3. The number of rotatable bonds is 6. The van der Waals surface area contributed by atoms with Crippen LogP contribution >= 0.6 is 15.9 Å². The molecular formula is C9H14BrF2NO2. The zero-order chi connectivity index (χ0) is 12.0. The van der Waals surface area contributed by atoms with Crippen molar-refractivity contribution in [2.45, 2.75) is 20.3 Å². The van der Waals surface area contributed by atoms with Gasteiger partial charge in [-0.2, -0.15) is 8.78 Å². The number of hydrogen-bond acceptors (Lipinski definition) is 2. The van der Waals surface area contributed by atoms with Gasteiger partial charge in [0, 0.05) is 6.54 Å². The first-order valence-electron chi connectivity index (χ1n) is 4.53. The Bertz CT molecular complexity index is 234. The third kappa shape index (κ3) is 5.81. The average molecular weight is 286 g/mol. The van der Waals surface area contributed by atoms with Crippen molar-refractivity contribution in [1.29, 1.82) is 0 Å². The van der Waals surface area contributed by atoms with Crippen molar-refractivity contribution in [3.05, 3.63) is 0 Å². The van der Waals surface area contributed by atoms with Crippen LogP contribution in [0.5, 0.6) is 0 Å². The van der Waals surface area contributed by atoms with Gasteiger partial charge in [-0.25, -0.2) is 0 Å². The van der Waals surface area contributed by atoms with E-state index in [4.69, 9.17) is 0 Å². The quantitative estimate of drug-likeness (QED) is 0.697. The minimum Gasteiger partial charge on any atom is -0.330 e. The molecule has 3 nitrogen and oxygen atoms in total. The first kappa shape index (κ1) is 14.5. The average Bonchev–Trinajstić information content (AvgIpc) is 2.14. The molecule has 0 heterocycles. The topological polar surface area (TPSA) is 37.4 Å². The molecule has 0 N–H and O–H groups in total. The molecule has 15 heavy (non-hydrogen) atoms. The fourth-order valence-electron chi connectivity index (χ4n) is 1.07. The summed E-state index contributed by atoms with van der Waals surface area (Å²) in [7, 11) is 0. The van der Waals surface area contributed by atoms with Gasteiger partial charge in [0.2, 0.25) is 0 Å². The lowest BCUT2D eigenvalue weighted by molar-refractivity contribution is -0.145. The monoisotopic (exact) mass is 285 g/mol. The van der Waals surface area contributed by atoms with E-state index in [9.17, 15) is 18.4 Å². The summed E-state index contributed by atoms with van der Waals surface area (Å²) < 4.78 is 24.3. The van der Waals surface area contributed by atoms with Crippen molar-refractivity contribution < 1.29 is 18.4 Å². The minimum atomic E-state index is -3.05. The predicted octanol–water partition coefficient (Wildman–Crippen LogP) is 1.70. The maximum absolute atomic E-state index is 12.2. The second-order valence-electron chi connectivity index (χ2n) is 3.59. The van der Waals surface area contributed by atoms with E-state index < -0.39 is 12.3 Å². The van der Waals surface area contributed by atoms with Crippen LogP contribution in [0.3, 0.4) is 0 Å². The van der Waals surface area contributed by atoms with Gasteiger partial charge in [0.05, 0.1) is 11.9 Å². The Hall–Kier alpha value is -0.520. The van der Waals surface area contributed by atoms with Gasteiger partial charge < -0.3 is 4.90 Å². The van der Waals surface area contributed by atoms with E-state index in [1.165, 1.54) is 0 Å². The number of Topliss-reactive ketones (excluding diaryl/α,β-unsaturated/α-hetero) is 1. The lowest BCUT2D eigenvalue weighted by Crippen LogP contribution is -2.41. The van der Waals surface area contributed by atoms with Gasteiger partial charge in [0.1, 0.15) is 0 Å². The molecule has 0 saturated heterocycles. The zero-order valence-electron chi connectivity index (χ0n) is 8.67. The lowest BCUT2D eigenvalue weighted by atomic mass is 10.2. The molecule has 0 rings (SSSR count). The second-order valence-corrected chi connectivity index (χ2v) is 4.15. The molecule has 0 aliphatic carbocycles. The van der Waals surface area contributed by atoms with Gasteiger partial charge in [-0.15, -0.1) is 0 Å². The molecule has 0 aliphatic heterocycles. The Morgan fingerprint density at radius 3 is 2.20 bits per heavy atom.